The average molecular weight is 434 g/mol. The highest BCUT2D eigenvalue weighted by Gasteiger charge is 2.44. The number of carbonyl (C=O) groups excluding carboxylic acids is 3. The number of rotatable bonds is 6. The molecule has 1 atom stereocenters. The van der Waals surface area contributed by atoms with E-state index in [1.807, 2.05) is 0 Å². The molecular formula is C20H19FN2O6S. The highest BCUT2D eigenvalue weighted by Crippen LogP contribution is 2.28. The zero-order valence-electron chi connectivity index (χ0n) is 16.0. The Morgan fingerprint density at radius 2 is 1.90 bits per heavy atom. The number of benzene rings is 2. The Kier molecular flexibility index (Phi) is 6.16. The maximum absolute atomic E-state index is 13.1. The molecule has 1 fully saturated rings. The third-order valence-electron chi connectivity index (χ3n) is 4.47. The van der Waals surface area contributed by atoms with Gasteiger partial charge in [0.1, 0.15) is 11.9 Å². The Morgan fingerprint density at radius 3 is 2.57 bits per heavy atom. The van der Waals surface area contributed by atoms with Gasteiger partial charge in [0.25, 0.3) is 10.0 Å². The van der Waals surface area contributed by atoms with Gasteiger partial charge in [0, 0.05) is 12.1 Å². The molecule has 0 aliphatic carbocycles. The van der Waals surface area contributed by atoms with E-state index in [1.54, 1.807) is 6.92 Å². The van der Waals surface area contributed by atoms with Crippen LogP contribution in [0.25, 0.3) is 0 Å². The lowest BCUT2D eigenvalue weighted by molar-refractivity contribution is -0.128. The lowest BCUT2D eigenvalue weighted by Gasteiger charge is -2.23. The predicted molar refractivity (Wildman–Crippen MR) is 104 cm³/mol. The number of nitrogens with zero attached hydrogens (tertiary/aromatic N) is 1. The Labute approximate surface area is 172 Å². The van der Waals surface area contributed by atoms with Crippen molar-refractivity contribution in [2.75, 3.05) is 11.9 Å². The lowest BCUT2D eigenvalue weighted by atomic mass is 10.1. The zero-order chi connectivity index (χ0) is 21.9. The van der Waals surface area contributed by atoms with Crippen LogP contribution < -0.4 is 5.32 Å². The largest absolute Gasteiger partial charge is 0.462 e. The molecule has 158 valence electrons. The van der Waals surface area contributed by atoms with Gasteiger partial charge in [-0.25, -0.2) is 21.9 Å². The molecule has 0 saturated carbocycles. The zero-order valence-corrected chi connectivity index (χ0v) is 16.8. The topological polar surface area (TPSA) is 110 Å². The predicted octanol–water partition coefficient (Wildman–Crippen LogP) is 2.32. The summed E-state index contributed by atoms with van der Waals surface area (Å²) >= 11 is 0. The van der Waals surface area contributed by atoms with Crippen molar-refractivity contribution in [3.63, 3.8) is 0 Å². The minimum atomic E-state index is -4.34. The number of nitrogens with one attached hydrogen (secondary N) is 1. The molecule has 10 heteroatoms. The van der Waals surface area contributed by atoms with Gasteiger partial charge in [0.2, 0.25) is 11.8 Å². The Hall–Kier alpha value is -3.27. The normalized spacial score (nSPS) is 16.4. The van der Waals surface area contributed by atoms with Gasteiger partial charge in [-0.15, -0.1) is 0 Å². The van der Waals surface area contributed by atoms with Crippen molar-refractivity contribution in [2.24, 2.45) is 0 Å². The number of halogens is 1. The molecule has 2 aromatic carbocycles. The Balaban J connectivity index is 1.83. The summed E-state index contributed by atoms with van der Waals surface area (Å²) < 4.78 is 44.3. The number of carbonyl (C=O) groups is 3. The van der Waals surface area contributed by atoms with E-state index in [0.29, 0.717) is 4.31 Å². The van der Waals surface area contributed by atoms with Crippen LogP contribution in [0.15, 0.2) is 53.4 Å². The summed E-state index contributed by atoms with van der Waals surface area (Å²) in [7, 11) is -4.34. The number of hydrogen-bond acceptors (Lipinski definition) is 6. The minimum absolute atomic E-state index is 0.00264. The lowest BCUT2D eigenvalue weighted by Crippen LogP contribution is -2.45. The van der Waals surface area contributed by atoms with Crippen LogP contribution in [0.3, 0.4) is 0 Å². The van der Waals surface area contributed by atoms with Crippen molar-refractivity contribution in [1.82, 2.24) is 4.31 Å². The molecule has 0 radical (unpaired) electrons. The summed E-state index contributed by atoms with van der Waals surface area (Å²) in [5.74, 6) is -2.63. The summed E-state index contributed by atoms with van der Waals surface area (Å²) in [5.41, 5.74) is 0.469. The van der Waals surface area contributed by atoms with Gasteiger partial charge in [-0.2, -0.15) is 0 Å². The molecule has 0 bridgehead atoms. The number of anilines is 1. The average Bonchev–Trinajstić information content (AvgIpc) is 3.11. The standard InChI is InChI=1S/C20H19FN2O6S/c1-2-29-20(26)13-4-3-5-15(12-13)22-19(25)17-10-11-18(24)23(17)30(27,28)16-8-6-14(21)7-9-16/h3-9,12,17H,2,10-11H2,1H3,(H,22,25)/t17-/m1/s1. The first-order valence-corrected chi connectivity index (χ1v) is 10.6. The van der Waals surface area contributed by atoms with Crippen LogP contribution in [0.2, 0.25) is 0 Å². The molecule has 3 rings (SSSR count). The third-order valence-corrected chi connectivity index (χ3v) is 6.32. The second kappa shape index (κ2) is 8.62. The number of hydrogen-bond donors (Lipinski definition) is 1. The minimum Gasteiger partial charge on any atom is -0.462 e. The summed E-state index contributed by atoms with van der Waals surface area (Å²) in [6.07, 6.45) is -0.121. The molecule has 1 heterocycles. The monoisotopic (exact) mass is 434 g/mol. The van der Waals surface area contributed by atoms with Gasteiger partial charge in [-0.1, -0.05) is 6.07 Å². The first-order valence-electron chi connectivity index (χ1n) is 9.15. The molecule has 8 nitrogen and oxygen atoms in total. The van der Waals surface area contributed by atoms with Crippen molar-refractivity contribution in [1.29, 1.82) is 0 Å². The fourth-order valence-corrected chi connectivity index (χ4v) is 4.69. The highest BCUT2D eigenvalue weighted by atomic mass is 32.2. The molecule has 1 saturated heterocycles. The summed E-state index contributed by atoms with van der Waals surface area (Å²) in [5, 5.41) is 2.54. The first-order chi connectivity index (χ1) is 14.2. The van der Waals surface area contributed by atoms with E-state index in [0.717, 1.165) is 24.3 Å². The van der Waals surface area contributed by atoms with E-state index in [2.05, 4.69) is 5.32 Å². The number of sulfonamides is 1. The van der Waals surface area contributed by atoms with Crippen molar-refractivity contribution < 1.29 is 31.9 Å². The van der Waals surface area contributed by atoms with Crippen molar-refractivity contribution >= 4 is 33.5 Å². The highest BCUT2D eigenvalue weighted by molar-refractivity contribution is 7.89. The van der Waals surface area contributed by atoms with Gasteiger partial charge in [0.15, 0.2) is 0 Å². The number of ether oxygens (including phenoxy) is 1. The van der Waals surface area contributed by atoms with Crippen LogP contribution in [-0.2, 0) is 24.3 Å². The maximum Gasteiger partial charge on any atom is 0.338 e. The molecule has 1 aliphatic rings. The van der Waals surface area contributed by atoms with Gasteiger partial charge in [-0.3, -0.25) is 9.59 Å². The van der Waals surface area contributed by atoms with Crippen molar-refractivity contribution in [3.05, 3.63) is 59.9 Å². The maximum atomic E-state index is 13.1. The van der Waals surface area contributed by atoms with Crippen LogP contribution in [-0.4, -0.2) is 43.2 Å². The molecule has 30 heavy (non-hydrogen) atoms. The Morgan fingerprint density at radius 1 is 1.20 bits per heavy atom. The smallest absolute Gasteiger partial charge is 0.338 e. The van der Waals surface area contributed by atoms with E-state index in [-0.39, 0.29) is 35.6 Å². The van der Waals surface area contributed by atoms with E-state index in [1.165, 1.54) is 24.3 Å². The van der Waals surface area contributed by atoms with Gasteiger partial charge < -0.3 is 10.1 Å². The van der Waals surface area contributed by atoms with Crippen LogP contribution in [0, 0.1) is 5.82 Å². The molecule has 1 aliphatic heterocycles. The van der Waals surface area contributed by atoms with Crippen molar-refractivity contribution in [2.45, 2.75) is 30.7 Å². The second-order valence-corrected chi connectivity index (χ2v) is 8.31. The molecular weight excluding hydrogens is 415 g/mol. The summed E-state index contributed by atoms with van der Waals surface area (Å²) in [6, 6.07) is 8.70. The fourth-order valence-electron chi connectivity index (χ4n) is 3.08. The second-order valence-electron chi connectivity index (χ2n) is 6.49. The van der Waals surface area contributed by atoms with Gasteiger partial charge in [0.05, 0.1) is 17.1 Å². The molecule has 1 N–H and O–H groups in total. The molecule has 2 aromatic rings. The van der Waals surface area contributed by atoms with E-state index in [4.69, 9.17) is 4.74 Å². The number of amides is 2. The van der Waals surface area contributed by atoms with E-state index >= 15 is 0 Å². The molecule has 2 amide bonds. The van der Waals surface area contributed by atoms with Gasteiger partial charge >= 0.3 is 5.97 Å². The molecule has 0 spiro atoms. The SMILES string of the molecule is CCOC(=O)c1cccc(NC(=O)[C@H]2CCC(=O)N2S(=O)(=O)c2ccc(F)cc2)c1. The molecule has 0 unspecified atom stereocenters. The first kappa shape index (κ1) is 21.4. The van der Waals surface area contributed by atoms with Crippen LogP contribution in [0.1, 0.15) is 30.1 Å². The summed E-state index contributed by atoms with van der Waals surface area (Å²) in [4.78, 5) is 36.6. The molecule has 0 aromatic heterocycles. The van der Waals surface area contributed by atoms with E-state index < -0.39 is 39.7 Å². The van der Waals surface area contributed by atoms with Crippen LogP contribution >= 0.6 is 0 Å². The van der Waals surface area contributed by atoms with E-state index in [9.17, 15) is 27.2 Å². The van der Waals surface area contributed by atoms with Crippen LogP contribution in [0.5, 0.6) is 0 Å². The third kappa shape index (κ3) is 4.33. The fraction of sp³-hybridized carbons (Fsp3) is 0.250. The van der Waals surface area contributed by atoms with Crippen molar-refractivity contribution in [3.8, 4) is 0 Å². The van der Waals surface area contributed by atoms with Crippen LogP contribution in [0.4, 0.5) is 10.1 Å². The summed E-state index contributed by atoms with van der Waals surface area (Å²) in [6.45, 7) is 1.85. The quantitative estimate of drug-likeness (QED) is 0.699. The van der Waals surface area contributed by atoms with Gasteiger partial charge in [-0.05, 0) is 55.8 Å². The number of esters is 1. The Bertz CT molecular complexity index is 1080.